The number of amides is 2. The molecule has 40 heavy (non-hydrogen) atoms. The molecule has 228 valence electrons. The number of nitrogens with two attached hydrogens (primary N) is 1. The summed E-state index contributed by atoms with van der Waals surface area (Å²) in [5.74, 6) is 0.553. The molecular weight excluding hydrogens is 510 g/mol. The number of methoxy groups -OCH3 is 1. The summed E-state index contributed by atoms with van der Waals surface area (Å²) in [6.45, 7) is 9.58. The van der Waals surface area contributed by atoms with Gasteiger partial charge in [0.05, 0.1) is 24.4 Å². The van der Waals surface area contributed by atoms with E-state index in [0.29, 0.717) is 43.9 Å². The molecule has 1 aromatic carbocycles. The number of benzene rings is 1. The number of unbranched alkanes of at least 4 members (excludes halogenated alkanes) is 1. The highest BCUT2D eigenvalue weighted by molar-refractivity contribution is 5.96. The van der Waals surface area contributed by atoms with Crippen molar-refractivity contribution in [3.05, 3.63) is 29.8 Å². The summed E-state index contributed by atoms with van der Waals surface area (Å²) in [6.07, 6.45) is 4.17. The van der Waals surface area contributed by atoms with Gasteiger partial charge in [-0.3, -0.25) is 9.59 Å². The van der Waals surface area contributed by atoms with Crippen LogP contribution in [0.5, 0.6) is 5.75 Å². The van der Waals surface area contributed by atoms with Gasteiger partial charge >= 0.3 is 0 Å². The van der Waals surface area contributed by atoms with Crippen molar-refractivity contribution in [3.63, 3.8) is 0 Å². The van der Waals surface area contributed by atoms with E-state index in [1.807, 2.05) is 26.0 Å². The Balaban J connectivity index is 1.86. The van der Waals surface area contributed by atoms with Gasteiger partial charge < -0.3 is 36.1 Å². The monoisotopic (exact) mass is 563 g/mol. The van der Waals surface area contributed by atoms with E-state index in [4.69, 9.17) is 15.2 Å². The van der Waals surface area contributed by atoms with Gasteiger partial charge in [-0.05, 0) is 68.4 Å². The molecule has 1 aliphatic rings. The van der Waals surface area contributed by atoms with Gasteiger partial charge in [-0.2, -0.15) is 0 Å². The molecule has 1 aromatic rings. The van der Waals surface area contributed by atoms with Crippen LogP contribution in [0.15, 0.2) is 24.3 Å². The minimum Gasteiger partial charge on any atom is -0.493 e. The van der Waals surface area contributed by atoms with Crippen LogP contribution in [0.4, 0.5) is 0 Å². The van der Waals surface area contributed by atoms with Gasteiger partial charge in [0.15, 0.2) is 0 Å². The number of hydrogen-bond donors (Lipinski definition) is 5. The SMILES string of the molecule is COCCCCOc1ccccc1C(=O)NC[C@@H](C[C@H](N)[C@@H](O)CNC(=O)C(C)(C)[C@@H]1CCC[C@H](O)C1)C(C)C. The lowest BCUT2D eigenvalue weighted by Gasteiger charge is -2.37. The fourth-order valence-corrected chi connectivity index (χ4v) is 5.31. The summed E-state index contributed by atoms with van der Waals surface area (Å²) < 4.78 is 10.9. The predicted octanol–water partition coefficient (Wildman–Crippen LogP) is 3.27. The molecule has 2 rings (SSSR count). The lowest BCUT2D eigenvalue weighted by atomic mass is 9.70. The Labute approximate surface area is 240 Å². The lowest BCUT2D eigenvalue weighted by molar-refractivity contribution is -0.134. The highest BCUT2D eigenvalue weighted by Crippen LogP contribution is 2.38. The van der Waals surface area contributed by atoms with Crippen LogP contribution in [-0.2, 0) is 9.53 Å². The Hall–Kier alpha value is -2.20. The molecule has 1 saturated carbocycles. The summed E-state index contributed by atoms with van der Waals surface area (Å²) in [5.41, 5.74) is 6.21. The largest absolute Gasteiger partial charge is 0.493 e. The molecule has 0 unspecified atom stereocenters. The first-order valence-electron chi connectivity index (χ1n) is 14.9. The minimum atomic E-state index is -0.916. The second-order valence-electron chi connectivity index (χ2n) is 12.2. The third-order valence-corrected chi connectivity index (χ3v) is 8.39. The fourth-order valence-electron chi connectivity index (χ4n) is 5.31. The minimum absolute atomic E-state index is 0.0339. The summed E-state index contributed by atoms with van der Waals surface area (Å²) in [6, 6.07) is 6.63. The number of carbonyl (C=O) groups is 2. The Morgan fingerprint density at radius 1 is 1.10 bits per heavy atom. The number of para-hydroxylation sites is 1. The van der Waals surface area contributed by atoms with E-state index >= 15 is 0 Å². The highest BCUT2D eigenvalue weighted by Gasteiger charge is 2.39. The molecule has 1 fully saturated rings. The summed E-state index contributed by atoms with van der Waals surface area (Å²) in [7, 11) is 1.67. The van der Waals surface area contributed by atoms with Crippen molar-refractivity contribution in [2.45, 2.75) is 90.9 Å². The van der Waals surface area contributed by atoms with Gasteiger partial charge in [-0.1, -0.05) is 46.2 Å². The Morgan fingerprint density at radius 2 is 1.80 bits per heavy atom. The zero-order valence-corrected chi connectivity index (χ0v) is 25.2. The standard InChI is InChI=1S/C31H53N3O6/c1-21(2)22(19-33-29(37)25-13-6-7-14-28(25)40-16-9-8-15-39-5)17-26(32)27(36)20-34-30(38)31(3,4)23-11-10-12-24(35)18-23/h6-7,13-14,21-24,26-27,35-36H,8-12,15-20,32H2,1-5H3,(H,33,37)(H,34,38)/t22-,23-,24+,26+,27+/m1/s1. The molecule has 5 atom stereocenters. The van der Waals surface area contributed by atoms with Crippen LogP contribution >= 0.6 is 0 Å². The first kappa shape index (κ1) is 34.0. The second kappa shape index (κ2) is 16.9. The molecule has 9 heteroatoms. The summed E-state index contributed by atoms with van der Waals surface area (Å²) in [4.78, 5) is 26.0. The molecule has 0 saturated heterocycles. The Bertz CT molecular complexity index is 909. The Kier molecular flexibility index (Phi) is 14.4. The van der Waals surface area contributed by atoms with Crippen LogP contribution < -0.4 is 21.1 Å². The molecule has 6 N–H and O–H groups in total. The molecule has 9 nitrogen and oxygen atoms in total. The van der Waals surface area contributed by atoms with E-state index in [1.165, 1.54) is 0 Å². The maximum absolute atomic E-state index is 13.0. The molecule has 2 amide bonds. The number of aliphatic hydroxyl groups excluding tert-OH is 2. The zero-order valence-electron chi connectivity index (χ0n) is 25.2. The third-order valence-electron chi connectivity index (χ3n) is 8.39. The van der Waals surface area contributed by atoms with E-state index in [1.54, 1.807) is 19.2 Å². The first-order valence-corrected chi connectivity index (χ1v) is 14.9. The number of hydrogen-bond acceptors (Lipinski definition) is 7. The third kappa shape index (κ3) is 10.7. The van der Waals surface area contributed by atoms with E-state index in [-0.39, 0.29) is 42.2 Å². The topological polar surface area (TPSA) is 143 Å². The first-order chi connectivity index (χ1) is 19.0. The average molecular weight is 564 g/mol. The van der Waals surface area contributed by atoms with Crippen molar-refractivity contribution in [2.75, 3.05) is 33.4 Å². The van der Waals surface area contributed by atoms with Gasteiger partial charge in [-0.15, -0.1) is 0 Å². The van der Waals surface area contributed by atoms with Crippen LogP contribution in [0, 0.1) is 23.2 Å². The van der Waals surface area contributed by atoms with Gasteiger partial charge in [-0.25, -0.2) is 0 Å². The molecule has 0 spiro atoms. The number of nitrogens with one attached hydrogen (secondary N) is 2. The van der Waals surface area contributed by atoms with E-state index in [0.717, 1.165) is 32.1 Å². The van der Waals surface area contributed by atoms with Crippen molar-refractivity contribution < 1.29 is 29.3 Å². The molecular formula is C31H53N3O6. The molecule has 0 heterocycles. The molecule has 0 bridgehead atoms. The van der Waals surface area contributed by atoms with E-state index in [2.05, 4.69) is 24.5 Å². The summed E-state index contributed by atoms with van der Waals surface area (Å²) >= 11 is 0. The van der Waals surface area contributed by atoms with Crippen LogP contribution in [0.1, 0.15) is 83.0 Å². The van der Waals surface area contributed by atoms with Crippen LogP contribution in [0.25, 0.3) is 0 Å². The van der Waals surface area contributed by atoms with Crippen molar-refractivity contribution >= 4 is 11.8 Å². The quantitative estimate of drug-likeness (QED) is 0.183. The number of carbonyl (C=O) groups excluding carboxylic acids is 2. The van der Waals surface area contributed by atoms with Crippen LogP contribution in [0.2, 0.25) is 0 Å². The van der Waals surface area contributed by atoms with E-state index < -0.39 is 17.6 Å². The lowest BCUT2D eigenvalue weighted by Crippen LogP contribution is -2.50. The van der Waals surface area contributed by atoms with Gasteiger partial charge in [0.2, 0.25) is 5.91 Å². The normalized spacial score (nSPS) is 20.0. The smallest absolute Gasteiger partial charge is 0.255 e. The maximum atomic E-state index is 13.0. The fraction of sp³-hybridized carbons (Fsp3) is 0.742. The Morgan fingerprint density at radius 3 is 2.48 bits per heavy atom. The average Bonchev–Trinajstić information content (AvgIpc) is 2.93. The van der Waals surface area contributed by atoms with Crippen molar-refractivity contribution in [2.24, 2.45) is 28.9 Å². The number of rotatable bonds is 17. The van der Waals surface area contributed by atoms with Crippen molar-refractivity contribution in [1.29, 1.82) is 0 Å². The number of aliphatic hydroxyl groups is 2. The second-order valence-corrected chi connectivity index (χ2v) is 12.2. The molecule has 1 aliphatic carbocycles. The molecule has 0 aromatic heterocycles. The molecule has 0 aliphatic heterocycles. The van der Waals surface area contributed by atoms with Gasteiger partial charge in [0.1, 0.15) is 5.75 Å². The maximum Gasteiger partial charge on any atom is 0.255 e. The van der Waals surface area contributed by atoms with Gasteiger partial charge in [0, 0.05) is 38.3 Å². The van der Waals surface area contributed by atoms with Crippen molar-refractivity contribution in [3.8, 4) is 5.75 Å². The zero-order chi connectivity index (χ0) is 29.7. The predicted molar refractivity (Wildman–Crippen MR) is 157 cm³/mol. The summed E-state index contributed by atoms with van der Waals surface area (Å²) in [5, 5.41) is 26.7. The van der Waals surface area contributed by atoms with Crippen molar-refractivity contribution in [1.82, 2.24) is 10.6 Å². The van der Waals surface area contributed by atoms with E-state index in [9.17, 15) is 19.8 Å². The van der Waals surface area contributed by atoms with Crippen LogP contribution in [-0.4, -0.2) is 73.7 Å². The van der Waals surface area contributed by atoms with Crippen LogP contribution in [0.3, 0.4) is 0 Å². The van der Waals surface area contributed by atoms with Gasteiger partial charge in [0.25, 0.3) is 5.91 Å². The highest BCUT2D eigenvalue weighted by atomic mass is 16.5. The molecule has 0 radical (unpaired) electrons. The number of ether oxygens (including phenoxy) is 2.